The fraction of sp³-hybridized carbons (Fsp3) is 0.455. The minimum absolute atomic E-state index is 0.0931. The molecule has 0 spiro atoms. The van der Waals surface area contributed by atoms with Crippen molar-refractivity contribution in [2.75, 3.05) is 30.0 Å². The van der Waals surface area contributed by atoms with Crippen LogP contribution in [0.1, 0.15) is 53.9 Å². The molecule has 1 fully saturated rings. The third-order valence-corrected chi connectivity index (χ3v) is 6.75. The number of aromatic nitrogens is 2. The van der Waals surface area contributed by atoms with E-state index in [2.05, 4.69) is 9.97 Å². The van der Waals surface area contributed by atoms with Gasteiger partial charge < -0.3 is 15.4 Å². The first-order valence-electron chi connectivity index (χ1n) is 10.9. The summed E-state index contributed by atoms with van der Waals surface area (Å²) in [6, 6.07) is 7.90. The minimum atomic E-state index is -3.52. The summed E-state index contributed by atoms with van der Waals surface area (Å²) in [6.07, 6.45) is 6.06. The molecule has 10 nitrogen and oxygen atoms in total. The van der Waals surface area contributed by atoms with Crippen molar-refractivity contribution in [3.63, 3.8) is 0 Å². The lowest BCUT2D eigenvalue weighted by Crippen LogP contribution is -2.32. The molecule has 0 atom stereocenters. The van der Waals surface area contributed by atoms with Crippen LogP contribution in [0.5, 0.6) is 5.88 Å². The van der Waals surface area contributed by atoms with E-state index in [-0.39, 0.29) is 35.5 Å². The van der Waals surface area contributed by atoms with Crippen LogP contribution in [0.25, 0.3) is 0 Å². The monoisotopic (exact) mass is 473 g/mol. The Morgan fingerprint density at radius 3 is 2.55 bits per heavy atom. The van der Waals surface area contributed by atoms with E-state index in [0.29, 0.717) is 19.1 Å². The normalized spacial score (nSPS) is 21.0. The van der Waals surface area contributed by atoms with E-state index in [1.165, 1.54) is 11.9 Å². The zero-order valence-corrected chi connectivity index (χ0v) is 19.2. The summed E-state index contributed by atoms with van der Waals surface area (Å²) in [5.41, 5.74) is 8.00. The number of nitrogens with two attached hydrogens (primary N) is 1. The third-order valence-electron chi connectivity index (χ3n) is 6.15. The number of carbonyl (C=O) groups excluding carboxylic acids is 2. The summed E-state index contributed by atoms with van der Waals surface area (Å²) in [7, 11) is -3.52. The van der Waals surface area contributed by atoms with Crippen LogP contribution in [0, 0.1) is 5.92 Å². The molecule has 11 heteroatoms. The Labute approximate surface area is 192 Å². The number of nitrogen functional groups attached to an aromatic ring is 1. The molecule has 1 aromatic heterocycles. The summed E-state index contributed by atoms with van der Waals surface area (Å²) in [5.74, 6) is 0.111. The molecular weight excluding hydrogens is 446 g/mol. The quantitative estimate of drug-likeness (QED) is 0.669. The molecule has 176 valence electrons. The molecule has 0 bridgehead atoms. The first-order chi connectivity index (χ1) is 15.7. The number of rotatable bonds is 5. The Kier molecular flexibility index (Phi) is 6.50. The van der Waals surface area contributed by atoms with E-state index < -0.39 is 15.9 Å². The van der Waals surface area contributed by atoms with Crippen LogP contribution >= 0.6 is 0 Å². The number of hydrogen-bond donors (Lipinski definition) is 2. The number of carbonyl (C=O) groups is 2. The van der Waals surface area contributed by atoms with Crippen LogP contribution in [0.2, 0.25) is 0 Å². The Morgan fingerprint density at radius 2 is 1.88 bits per heavy atom. The van der Waals surface area contributed by atoms with Crippen LogP contribution in [0.15, 0.2) is 30.6 Å². The van der Waals surface area contributed by atoms with Crippen molar-refractivity contribution in [1.82, 2.24) is 14.7 Å². The summed E-state index contributed by atoms with van der Waals surface area (Å²) >= 11 is 0. The first-order valence-corrected chi connectivity index (χ1v) is 12.8. The fourth-order valence-electron chi connectivity index (χ4n) is 4.55. The summed E-state index contributed by atoms with van der Waals surface area (Å²) in [6.45, 7) is 0.669. The molecule has 2 heterocycles. The second kappa shape index (κ2) is 9.34. The van der Waals surface area contributed by atoms with E-state index >= 15 is 0 Å². The minimum Gasteiger partial charge on any atom is -0.475 e. The lowest BCUT2D eigenvalue weighted by Gasteiger charge is -2.29. The van der Waals surface area contributed by atoms with Crippen LogP contribution in [-0.4, -0.2) is 49.6 Å². The largest absolute Gasteiger partial charge is 0.475 e. The van der Waals surface area contributed by atoms with Crippen LogP contribution < -0.4 is 20.1 Å². The van der Waals surface area contributed by atoms with Crippen LogP contribution in [0.3, 0.4) is 0 Å². The first kappa shape index (κ1) is 23.0. The van der Waals surface area contributed by atoms with Crippen molar-refractivity contribution in [2.45, 2.75) is 38.0 Å². The maximum atomic E-state index is 13.1. The number of fused-ring (bicyclic) bond motifs is 1. The molecule has 2 aliphatic rings. The Morgan fingerprint density at radius 1 is 1.18 bits per heavy atom. The van der Waals surface area contributed by atoms with Crippen LogP contribution in [-0.2, 0) is 14.8 Å². The Balaban J connectivity index is 1.39. The van der Waals surface area contributed by atoms with Gasteiger partial charge in [-0.2, -0.15) is 0 Å². The number of benzene rings is 1. The van der Waals surface area contributed by atoms with Crippen molar-refractivity contribution in [3.05, 3.63) is 41.7 Å². The highest BCUT2D eigenvalue weighted by Gasteiger charge is 2.29. The highest BCUT2D eigenvalue weighted by atomic mass is 32.2. The van der Waals surface area contributed by atoms with Gasteiger partial charge in [0.05, 0.1) is 12.8 Å². The molecule has 2 aromatic rings. The third kappa shape index (κ3) is 5.41. The van der Waals surface area contributed by atoms with E-state index in [4.69, 9.17) is 10.5 Å². The highest BCUT2D eigenvalue weighted by Crippen LogP contribution is 2.38. The lowest BCUT2D eigenvalue weighted by atomic mass is 9.77. The second-order valence-electron chi connectivity index (χ2n) is 8.56. The average Bonchev–Trinajstić information content (AvgIpc) is 2.93. The fourth-order valence-corrected chi connectivity index (χ4v) is 5.04. The summed E-state index contributed by atoms with van der Waals surface area (Å²) < 4.78 is 30.0. The number of amides is 2. The molecule has 4 rings (SSSR count). The molecule has 1 aromatic carbocycles. The molecule has 0 radical (unpaired) electrons. The van der Waals surface area contributed by atoms with Crippen molar-refractivity contribution in [3.8, 4) is 5.88 Å². The van der Waals surface area contributed by atoms with Crippen molar-refractivity contribution in [1.29, 1.82) is 0 Å². The van der Waals surface area contributed by atoms with Crippen molar-refractivity contribution < 1.29 is 22.7 Å². The van der Waals surface area contributed by atoms with Gasteiger partial charge in [0.25, 0.3) is 5.91 Å². The molecule has 1 saturated carbocycles. The molecular formula is C22H27N5O5S. The maximum absolute atomic E-state index is 13.1. The van der Waals surface area contributed by atoms with E-state index in [1.807, 2.05) is 29.0 Å². The number of sulfonamides is 1. The van der Waals surface area contributed by atoms with Gasteiger partial charge in [0.15, 0.2) is 0 Å². The highest BCUT2D eigenvalue weighted by molar-refractivity contribution is 7.89. The van der Waals surface area contributed by atoms with Gasteiger partial charge in [-0.05, 0) is 55.2 Å². The standard InChI is InChI=1S/C22H27N5O5S/c1-33(30,31)26-18(28)12-14-2-4-15(5-3-14)16-6-8-17(9-7-16)27-10-11-32-21-19(22(27)29)20(23)24-13-25-21/h6-9,13-15H,2-5,10-12H2,1H3,(H,26,28)(H2,23,24,25). The van der Waals surface area contributed by atoms with Crippen LogP contribution in [0.4, 0.5) is 11.5 Å². The smallest absolute Gasteiger partial charge is 0.267 e. The van der Waals surface area contributed by atoms with E-state index in [0.717, 1.165) is 37.6 Å². The zero-order valence-electron chi connectivity index (χ0n) is 18.4. The predicted octanol–water partition coefficient (Wildman–Crippen LogP) is 1.84. The summed E-state index contributed by atoms with van der Waals surface area (Å²) in [5, 5.41) is 0. The van der Waals surface area contributed by atoms with Gasteiger partial charge >= 0.3 is 0 Å². The Hall–Kier alpha value is -3.21. The maximum Gasteiger partial charge on any atom is 0.267 e. The number of nitrogens with zero attached hydrogens (tertiary/aromatic N) is 3. The molecule has 1 aliphatic heterocycles. The van der Waals surface area contributed by atoms with Gasteiger partial charge in [0.1, 0.15) is 24.3 Å². The molecule has 33 heavy (non-hydrogen) atoms. The molecule has 1 aliphatic carbocycles. The number of anilines is 2. The lowest BCUT2D eigenvalue weighted by molar-refractivity contribution is -0.120. The van der Waals surface area contributed by atoms with E-state index in [1.54, 1.807) is 4.90 Å². The molecule has 0 unspecified atom stereocenters. The summed E-state index contributed by atoms with van der Waals surface area (Å²) in [4.78, 5) is 34.5. The zero-order chi connectivity index (χ0) is 23.6. The molecule has 3 N–H and O–H groups in total. The Bertz CT molecular complexity index is 1140. The molecule has 0 saturated heterocycles. The predicted molar refractivity (Wildman–Crippen MR) is 122 cm³/mol. The number of hydrogen-bond acceptors (Lipinski definition) is 8. The van der Waals surface area contributed by atoms with Gasteiger partial charge in [-0.1, -0.05) is 12.1 Å². The topological polar surface area (TPSA) is 145 Å². The second-order valence-corrected chi connectivity index (χ2v) is 10.3. The molecule has 2 amide bonds. The van der Waals surface area contributed by atoms with E-state index in [9.17, 15) is 18.0 Å². The van der Waals surface area contributed by atoms with Gasteiger partial charge in [0.2, 0.25) is 21.8 Å². The number of ether oxygens (including phenoxy) is 1. The van der Waals surface area contributed by atoms with Crippen molar-refractivity contribution in [2.24, 2.45) is 5.92 Å². The van der Waals surface area contributed by atoms with Gasteiger partial charge in [-0.25, -0.2) is 18.4 Å². The van der Waals surface area contributed by atoms with Gasteiger partial charge in [-0.15, -0.1) is 0 Å². The SMILES string of the molecule is CS(=O)(=O)NC(=O)CC1CCC(c2ccc(N3CCOc4ncnc(N)c4C3=O)cc2)CC1. The van der Waals surface area contributed by atoms with Gasteiger partial charge in [0, 0.05) is 12.1 Å². The average molecular weight is 474 g/mol. The number of nitrogens with one attached hydrogen (secondary N) is 1. The van der Waals surface area contributed by atoms with Gasteiger partial charge in [-0.3, -0.25) is 14.3 Å². The van der Waals surface area contributed by atoms with Crippen molar-refractivity contribution >= 4 is 33.3 Å².